The lowest BCUT2D eigenvalue weighted by atomic mass is 9.90. The number of piperidine rings is 1. The first-order valence-electron chi connectivity index (χ1n) is 5.44. The van der Waals surface area contributed by atoms with Gasteiger partial charge in [-0.2, -0.15) is 0 Å². The first-order valence-corrected chi connectivity index (χ1v) is 5.44. The Bertz CT molecular complexity index is 378. The quantitative estimate of drug-likeness (QED) is 0.754. The number of hydrogen-bond donors (Lipinski definition) is 1. The van der Waals surface area contributed by atoms with Gasteiger partial charge in [0.05, 0.1) is 7.11 Å². The van der Waals surface area contributed by atoms with Crippen LogP contribution in [0.1, 0.15) is 17.9 Å². The minimum Gasteiger partial charge on any atom is -0.497 e. The van der Waals surface area contributed by atoms with Crippen molar-refractivity contribution in [3.63, 3.8) is 0 Å². The minimum atomic E-state index is 0.320. The van der Waals surface area contributed by atoms with Crippen molar-refractivity contribution < 1.29 is 9.47 Å². The molecule has 15 heavy (non-hydrogen) atoms. The van der Waals surface area contributed by atoms with E-state index in [-0.39, 0.29) is 0 Å². The Kier molecular flexibility index (Phi) is 2.06. The maximum atomic E-state index is 5.91. The SMILES string of the molecule is COc1ccc2c(c1)O[C@H]1CNCC[C@@H]21. The molecule has 1 aromatic carbocycles. The molecule has 0 aromatic heterocycles. The van der Waals surface area contributed by atoms with E-state index in [1.54, 1.807) is 7.11 Å². The molecule has 1 aromatic rings. The molecule has 0 amide bonds. The summed E-state index contributed by atoms with van der Waals surface area (Å²) in [7, 11) is 1.69. The molecule has 0 spiro atoms. The van der Waals surface area contributed by atoms with Gasteiger partial charge < -0.3 is 14.8 Å². The van der Waals surface area contributed by atoms with Gasteiger partial charge in [-0.1, -0.05) is 6.07 Å². The van der Waals surface area contributed by atoms with Gasteiger partial charge in [-0.05, 0) is 19.0 Å². The van der Waals surface area contributed by atoms with Crippen molar-refractivity contribution in [2.24, 2.45) is 0 Å². The molecule has 1 fully saturated rings. The molecular weight excluding hydrogens is 190 g/mol. The lowest BCUT2D eigenvalue weighted by molar-refractivity contribution is 0.176. The molecule has 80 valence electrons. The van der Waals surface area contributed by atoms with E-state index < -0.39 is 0 Å². The smallest absolute Gasteiger partial charge is 0.127 e. The highest BCUT2D eigenvalue weighted by Gasteiger charge is 2.36. The Hall–Kier alpha value is -1.22. The van der Waals surface area contributed by atoms with Gasteiger partial charge in [0.15, 0.2) is 0 Å². The topological polar surface area (TPSA) is 30.5 Å². The maximum absolute atomic E-state index is 5.91. The van der Waals surface area contributed by atoms with E-state index in [0.29, 0.717) is 12.0 Å². The summed E-state index contributed by atoms with van der Waals surface area (Å²) in [5.41, 5.74) is 1.35. The second-order valence-corrected chi connectivity index (χ2v) is 4.16. The number of fused-ring (bicyclic) bond motifs is 3. The van der Waals surface area contributed by atoms with E-state index in [1.165, 1.54) is 12.0 Å². The number of methoxy groups -OCH3 is 1. The van der Waals surface area contributed by atoms with Crippen molar-refractivity contribution in [2.75, 3.05) is 20.2 Å². The van der Waals surface area contributed by atoms with Crippen LogP contribution in [0.5, 0.6) is 11.5 Å². The number of nitrogens with one attached hydrogen (secondary N) is 1. The van der Waals surface area contributed by atoms with Crippen molar-refractivity contribution in [3.8, 4) is 11.5 Å². The van der Waals surface area contributed by atoms with Crippen LogP contribution in [-0.4, -0.2) is 26.3 Å². The molecule has 2 aliphatic rings. The van der Waals surface area contributed by atoms with E-state index in [2.05, 4.69) is 11.4 Å². The summed E-state index contributed by atoms with van der Waals surface area (Å²) in [6.07, 6.45) is 1.49. The van der Waals surface area contributed by atoms with Crippen LogP contribution in [0.3, 0.4) is 0 Å². The summed E-state index contributed by atoms with van der Waals surface area (Å²) >= 11 is 0. The molecular formula is C12H15NO2. The number of hydrogen-bond acceptors (Lipinski definition) is 3. The number of rotatable bonds is 1. The minimum absolute atomic E-state index is 0.320. The zero-order valence-electron chi connectivity index (χ0n) is 8.82. The highest BCUT2D eigenvalue weighted by molar-refractivity contribution is 5.46. The lowest BCUT2D eigenvalue weighted by Gasteiger charge is -2.24. The van der Waals surface area contributed by atoms with E-state index >= 15 is 0 Å². The molecule has 3 nitrogen and oxygen atoms in total. The second-order valence-electron chi connectivity index (χ2n) is 4.16. The van der Waals surface area contributed by atoms with Crippen molar-refractivity contribution >= 4 is 0 Å². The summed E-state index contributed by atoms with van der Waals surface area (Å²) in [5.74, 6) is 2.46. The Morgan fingerprint density at radius 2 is 2.40 bits per heavy atom. The summed E-state index contributed by atoms with van der Waals surface area (Å²) in [4.78, 5) is 0. The van der Waals surface area contributed by atoms with E-state index in [4.69, 9.17) is 9.47 Å². The van der Waals surface area contributed by atoms with Crippen LogP contribution in [0.4, 0.5) is 0 Å². The highest BCUT2D eigenvalue weighted by atomic mass is 16.5. The summed E-state index contributed by atoms with van der Waals surface area (Å²) in [6, 6.07) is 6.16. The van der Waals surface area contributed by atoms with Crippen LogP contribution in [-0.2, 0) is 0 Å². The third-order valence-corrected chi connectivity index (χ3v) is 3.32. The molecule has 0 bridgehead atoms. The van der Waals surface area contributed by atoms with Crippen LogP contribution in [0.15, 0.2) is 18.2 Å². The van der Waals surface area contributed by atoms with Crippen LogP contribution in [0.25, 0.3) is 0 Å². The molecule has 0 unspecified atom stereocenters. The van der Waals surface area contributed by atoms with Crippen LogP contribution in [0.2, 0.25) is 0 Å². The Labute approximate surface area is 89.4 Å². The number of benzene rings is 1. The fourth-order valence-electron chi connectivity index (χ4n) is 2.52. The molecule has 2 heterocycles. The van der Waals surface area contributed by atoms with Crippen molar-refractivity contribution in [1.29, 1.82) is 0 Å². The predicted molar refractivity (Wildman–Crippen MR) is 57.6 cm³/mol. The lowest BCUT2D eigenvalue weighted by Crippen LogP contribution is -2.39. The summed E-state index contributed by atoms with van der Waals surface area (Å²) in [5, 5.41) is 3.36. The van der Waals surface area contributed by atoms with Gasteiger partial charge in [-0.3, -0.25) is 0 Å². The van der Waals surface area contributed by atoms with Gasteiger partial charge >= 0.3 is 0 Å². The first-order chi connectivity index (χ1) is 7.38. The van der Waals surface area contributed by atoms with E-state index in [0.717, 1.165) is 24.6 Å². The molecule has 3 heteroatoms. The number of ether oxygens (including phenoxy) is 2. The van der Waals surface area contributed by atoms with Gasteiger partial charge in [-0.15, -0.1) is 0 Å². The average molecular weight is 205 g/mol. The predicted octanol–water partition coefficient (Wildman–Crippen LogP) is 1.53. The highest BCUT2D eigenvalue weighted by Crippen LogP contribution is 2.42. The fourth-order valence-corrected chi connectivity index (χ4v) is 2.52. The van der Waals surface area contributed by atoms with Gasteiger partial charge in [-0.25, -0.2) is 0 Å². The molecule has 1 saturated heterocycles. The first kappa shape index (κ1) is 9.04. The van der Waals surface area contributed by atoms with Gasteiger partial charge in [0.2, 0.25) is 0 Å². The van der Waals surface area contributed by atoms with E-state index in [9.17, 15) is 0 Å². The van der Waals surface area contributed by atoms with Gasteiger partial charge in [0.1, 0.15) is 17.6 Å². The third-order valence-electron chi connectivity index (χ3n) is 3.32. The zero-order chi connectivity index (χ0) is 10.3. The van der Waals surface area contributed by atoms with Crippen LogP contribution < -0.4 is 14.8 Å². The second kappa shape index (κ2) is 3.42. The molecule has 0 saturated carbocycles. The largest absolute Gasteiger partial charge is 0.497 e. The molecule has 0 radical (unpaired) electrons. The molecule has 3 rings (SSSR count). The normalized spacial score (nSPS) is 27.8. The monoisotopic (exact) mass is 205 g/mol. The maximum Gasteiger partial charge on any atom is 0.127 e. The van der Waals surface area contributed by atoms with Crippen molar-refractivity contribution in [3.05, 3.63) is 23.8 Å². The standard InChI is InChI=1S/C12H15NO2/c1-14-8-2-3-9-10-4-5-13-7-12(10)15-11(9)6-8/h2-3,6,10,12-13H,4-5,7H2,1H3/t10-,12-/m0/s1. The summed E-state index contributed by atoms with van der Waals surface area (Å²) in [6.45, 7) is 2.05. The Morgan fingerprint density at radius 3 is 3.27 bits per heavy atom. The molecule has 2 aliphatic heterocycles. The molecule has 1 N–H and O–H groups in total. The average Bonchev–Trinajstić information content (AvgIpc) is 2.66. The van der Waals surface area contributed by atoms with Gasteiger partial charge in [0, 0.05) is 24.1 Å². The van der Waals surface area contributed by atoms with Crippen molar-refractivity contribution in [2.45, 2.75) is 18.4 Å². The molecule has 0 aliphatic carbocycles. The van der Waals surface area contributed by atoms with E-state index in [1.807, 2.05) is 12.1 Å². The Morgan fingerprint density at radius 1 is 1.47 bits per heavy atom. The summed E-state index contributed by atoms with van der Waals surface area (Å²) < 4.78 is 11.1. The molecule has 2 atom stereocenters. The fraction of sp³-hybridized carbons (Fsp3) is 0.500. The van der Waals surface area contributed by atoms with Crippen molar-refractivity contribution in [1.82, 2.24) is 5.32 Å². The van der Waals surface area contributed by atoms with Crippen LogP contribution in [0, 0.1) is 0 Å². The Balaban J connectivity index is 1.96. The third kappa shape index (κ3) is 1.38. The van der Waals surface area contributed by atoms with Gasteiger partial charge in [0.25, 0.3) is 0 Å². The zero-order valence-corrected chi connectivity index (χ0v) is 8.82. The van der Waals surface area contributed by atoms with Crippen LogP contribution >= 0.6 is 0 Å².